The number of aliphatic hydroxyl groups is 1. The Kier molecular flexibility index (Phi) is 5.02. The normalized spacial score (nSPS) is 20.8. The van der Waals surface area contributed by atoms with E-state index < -0.39 is 29.6 Å². The summed E-state index contributed by atoms with van der Waals surface area (Å²) in [7, 11) is 4.76. The number of nitrogens with zero attached hydrogens (tertiary/aromatic N) is 2. The Morgan fingerprint density at radius 1 is 1.24 bits per heavy atom. The minimum absolute atomic E-state index is 0.0290. The molecule has 3 aliphatic rings. The Balaban J connectivity index is 1.75. The molecule has 5 rings (SSSR count). The smallest absolute Gasteiger partial charge is 0.343 e. The van der Waals surface area contributed by atoms with E-state index >= 15 is 0 Å². The summed E-state index contributed by atoms with van der Waals surface area (Å²) in [5.41, 5.74) is 2.01. The topological polar surface area (TPSA) is 130 Å². The highest BCUT2D eigenvalue weighted by Gasteiger charge is 2.48. The summed E-state index contributed by atoms with van der Waals surface area (Å²) in [6, 6.07) is 2.81. The number of ether oxygens (including phenoxy) is 5. The summed E-state index contributed by atoms with van der Waals surface area (Å²) in [6.45, 7) is -0.125. The Labute approximate surface area is 188 Å². The van der Waals surface area contributed by atoms with Crippen molar-refractivity contribution in [2.45, 2.75) is 25.2 Å². The first-order valence-electron chi connectivity index (χ1n) is 10.3. The van der Waals surface area contributed by atoms with Gasteiger partial charge < -0.3 is 28.8 Å². The van der Waals surface area contributed by atoms with Gasteiger partial charge in [0.05, 0.1) is 31.8 Å². The molecule has 11 heteroatoms. The lowest BCUT2D eigenvalue weighted by atomic mass is 9.82. The highest BCUT2D eigenvalue weighted by atomic mass is 16.7. The molecule has 0 saturated carbocycles. The third-order valence-electron chi connectivity index (χ3n) is 6.47. The minimum atomic E-state index is -0.790. The van der Waals surface area contributed by atoms with Crippen molar-refractivity contribution in [3.05, 3.63) is 50.1 Å². The molecule has 0 unspecified atom stereocenters. The summed E-state index contributed by atoms with van der Waals surface area (Å²) >= 11 is 0. The number of nitro benzene ring substituents is 1. The van der Waals surface area contributed by atoms with Crippen LogP contribution in [-0.2, 0) is 17.8 Å². The van der Waals surface area contributed by atoms with Gasteiger partial charge in [-0.05, 0) is 25.1 Å². The first-order valence-corrected chi connectivity index (χ1v) is 10.3. The van der Waals surface area contributed by atoms with Crippen LogP contribution in [0, 0.1) is 10.1 Å². The number of benzene rings is 2. The second-order valence-electron chi connectivity index (χ2n) is 7.97. The Bertz CT molecular complexity index is 1180. The molecule has 0 aromatic heterocycles. The van der Waals surface area contributed by atoms with Crippen LogP contribution in [-0.4, -0.2) is 55.5 Å². The number of esters is 1. The van der Waals surface area contributed by atoms with Crippen LogP contribution in [0.25, 0.3) is 0 Å². The van der Waals surface area contributed by atoms with E-state index in [0.717, 1.165) is 0 Å². The van der Waals surface area contributed by atoms with Crippen molar-refractivity contribution in [3.63, 3.8) is 0 Å². The number of likely N-dealkylation sites (N-methyl/N-ethyl adjacent to an activating group) is 1. The van der Waals surface area contributed by atoms with Crippen molar-refractivity contribution >= 4 is 11.7 Å². The predicted octanol–water partition coefficient (Wildman–Crippen LogP) is 2.27. The second-order valence-corrected chi connectivity index (χ2v) is 7.97. The summed E-state index contributed by atoms with van der Waals surface area (Å²) in [5, 5.41) is 22.3. The van der Waals surface area contributed by atoms with Crippen LogP contribution < -0.4 is 18.9 Å². The average molecular weight is 458 g/mol. The van der Waals surface area contributed by atoms with E-state index in [1.807, 2.05) is 11.9 Å². The quantitative estimate of drug-likeness (QED) is 0.404. The lowest BCUT2D eigenvalue weighted by Gasteiger charge is -2.38. The zero-order chi connectivity index (χ0) is 23.4. The van der Waals surface area contributed by atoms with E-state index in [-0.39, 0.29) is 35.3 Å². The van der Waals surface area contributed by atoms with Gasteiger partial charge in [-0.15, -0.1) is 0 Å². The van der Waals surface area contributed by atoms with Gasteiger partial charge in [0.25, 0.3) is 0 Å². The second kappa shape index (κ2) is 7.78. The van der Waals surface area contributed by atoms with E-state index in [4.69, 9.17) is 23.7 Å². The zero-order valence-electron chi connectivity index (χ0n) is 18.2. The standard InChI is InChI=1S/C22H22N2O9/c1-23-7-6-10-14(12(8-25)19-21(32-9-31-19)16(10)24(27)28)17(23)18-11-4-5-13(29-2)20(30-3)15(11)22(26)33-18/h4-5,17-18,25H,6-9H2,1-3H3/t17-,18+/m1/s1. The number of hydrogen-bond donors (Lipinski definition) is 1. The van der Waals surface area contributed by atoms with Gasteiger partial charge in [0.15, 0.2) is 17.2 Å². The number of cyclic esters (lactones) is 1. The van der Waals surface area contributed by atoms with Gasteiger partial charge in [-0.2, -0.15) is 0 Å². The number of nitro groups is 1. The molecular weight excluding hydrogens is 436 g/mol. The van der Waals surface area contributed by atoms with E-state index in [2.05, 4.69) is 0 Å². The molecule has 0 fully saturated rings. The molecule has 2 aromatic carbocycles. The van der Waals surface area contributed by atoms with Crippen LogP contribution in [0.15, 0.2) is 12.1 Å². The van der Waals surface area contributed by atoms with Gasteiger partial charge in [-0.1, -0.05) is 6.07 Å². The van der Waals surface area contributed by atoms with Crippen LogP contribution in [0.1, 0.15) is 44.8 Å². The summed E-state index contributed by atoms with van der Waals surface area (Å²) in [5.74, 6) is 0.259. The van der Waals surface area contributed by atoms with Crippen molar-refractivity contribution in [1.29, 1.82) is 0 Å². The maximum absolute atomic E-state index is 12.9. The van der Waals surface area contributed by atoms with Crippen LogP contribution in [0.4, 0.5) is 5.69 Å². The summed E-state index contributed by atoms with van der Waals surface area (Å²) in [4.78, 5) is 26.4. The van der Waals surface area contributed by atoms with Crippen LogP contribution in [0.3, 0.4) is 0 Å². The monoisotopic (exact) mass is 458 g/mol. The lowest BCUT2D eigenvalue weighted by Crippen LogP contribution is -2.37. The Morgan fingerprint density at radius 3 is 2.67 bits per heavy atom. The van der Waals surface area contributed by atoms with Gasteiger partial charge in [-0.3, -0.25) is 15.0 Å². The first kappa shape index (κ1) is 21.3. The lowest BCUT2D eigenvalue weighted by molar-refractivity contribution is -0.386. The maximum Gasteiger partial charge on any atom is 0.343 e. The Hall–Kier alpha value is -3.57. The Morgan fingerprint density at radius 2 is 2.00 bits per heavy atom. The molecule has 3 aliphatic heterocycles. The molecule has 0 spiro atoms. The van der Waals surface area contributed by atoms with Crippen molar-refractivity contribution in [1.82, 2.24) is 4.90 Å². The van der Waals surface area contributed by atoms with Crippen molar-refractivity contribution in [2.24, 2.45) is 0 Å². The van der Waals surface area contributed by atoms with Gasteiger partial charge in [0.1, 0.15) is 11.7 Å². The van der Waals surface area contributed by atoms with Gasteiger partial charge >= 0.3 is 11.7 Å². The van der Waals surface area contributed by atoms with Crippen molar-refractivity contribution in [2.75, 3.05) is 34.6 Å². The predicted molar refractivity (Wildman–Crippen MR) is 112 cm³/mol. The van der Waals surface area contributed by atoms with E-state index in [9.17, 15) is 20.0 Å². The molecule has 0 bridgehead atoms. The van der Waals surface area contributed by atoms with Gasteiger partial charge in [0, 0.05) is 23.2 Å². The maximum atomic E-state index is 12.9. The van der Waals surface area contributed by atoms with Gasteiger partial charge in [0.2, 0.25) is 12.5 Å². The minimum Gasteiger partial charge on any atom is -0.493 e. The molecular formula is C22H22N2O9. The number of methoxy groups -OCH3 is 2. The molecule has 3 heterocycles. The zero-order valence-corrected chi connectivity index (χ0v) is 18.2. The van der Waals surface area contributed by atoms with Gasteiger partial charge in [-0.25, -0.2) is 4.79 Å². The van der Waals surface area contributed by atoms with E-state index in [1.54, 1.807) is 12.1 Å². The molecule has 0 amide bonds. The number of rotatable bonds is 5. The third kappa shape index (κ3) is 2.92. The average Bonchev–Trinajstić information content (AvgIpc) is 3.41. The largest absolute Gasteiger partial charge is 0.493 e. The fraction of sp³-hybridized carbons (Fsp3) is 0.409. The summed E-state index contributed by atoms with van der Waals surface area (Å²) in [6.07, 6.45) is -0.427. The molecule has 2 aromatic rings. The van der Waals surface area contributed by atoms with Crippen molar-refractivity contribution in [3.8, 4) is 23.0 Å². The highest BCUT2D eigenvalue weighted by molar-refractivity contribution is 5.98. The first-order chi connectivity index (χ1) is 15.9. The van der Waals surface area contributed by atoms with Crippen LogP contribution in [0.5, 0.6) is 23.0 Å². The van der Waals surface area contributed by atoms with E-state index in [1.165, 1.54) is 14.2 Å². The number of carbonyl (C=O) groups is 1. The number of fused-ring (bicyclic) bond motifs is 3. The van der Waals surface area contributed by atoms with E-state index in [0.29, 0.717) is 41.0 Å². The molecule has 11 nitrogen and oxygen atoms in total. The highest BCUT2D eigenvalue weighted by Crippen LogP contribution is 2.56. The number of hydrogen-bond acceptors (Lipinski definition) is 10. The number of carbonyl (C=O) groups excluding carboxylic acids is 1. The SMILES string of the molecule is COc1ccc2c(c1OC)C(=O)O[C@@H]2[C@H]1c2c(CO)c3c(c([N+](=O)[O-])c2CCN1C)OCO3. The van der Waals surface area contributed by atoms with Crippen molar-refractivity contribution < 1.29 is 38.5 Å². The molecule has 0 radical (unpaired) electrons. The van der Waals surface area contributed by atoms with Crippen LogP contribution in [0.2, 0.25) is 0 Å². The number of aliphatic hydroxyl groups excluding tert-OH is 1. The molecule has 174 valence electrons. The summed E-state index contributed by atoms with van der Waals surface area (Å²) < 4.78 is 27.5. The molecule has 1 N–H and O–H groups in total. The third-order valence-corrected chi connectivity index (χ3v) is 6.47. The van der Waals surface area contributed by atoms with Crippen LogP contribution >= 0.6 is 0 Å². The fourth-order valence-electron chi connectivity index (χ4n) is 5.10. The molecule has 33 heavy (non-hydrogen) atoms. The molecule has 0 aliphatic carbocycles. The molecule has 0 saturated heterocycles. The molecule has 2 atom stereocenters. The fourth-order valence-corrected chi connectivity index (χ4v) is 5.10.